The molecule has 2 aromatic rings. The number of furan rings is 1. The van der Waals surface area contributed by atoms with Gasteiger partial charge in [0.1, 0.15) is 0 Å². The van der Waals surface area contributed by atoms with Gasteiger partial charge in [-0.05, 0) is 37.1 Å². The number of benzene rings is 1. The molecule has 6 heteroatoms. The van der Waals surface area contributed by atoms with Crippen molar-refractivity contribution in [3.8, 4) is 0 Å². The number of anilines is 1. The largest absolute Gasteiger partial charge is 0.472 e. The molecule has 1 heterocycles. The molecular formula is C14H18N2O3S. The Morgan fingerprint density at radius 3 is 2.55 bits per heavy atom. The zero-order valence-corrected chi connectivity index (χ0v) is 12.6. The number of nitrogens with zero attached hydrogens (tertiary/aromatic N) is 1. The van der Waals surface area contributed by atoms with Gasteiger partial charge >= 0.3 is 0 Å². The molecule has 0 saturated heterocycles. The first kappa shape index (κ1) is 14.6. The standard InChI is InChI=1S/C14H18N2O3S/c1-10-4-5-13(15)11(2)14(10)20(17,18)16(3)8-12-6-7-19-9-12/h4-7,9H,8,15H2,1-3H3. The molecule has 0 amide bonds. The van der Waals surface area contributed by atoms with Gasteiger partial charge in [-0.15, -0.1) is 0 Å². The summed E-state index contributed by atoms with van der Waals surface area (Å²) in [5.41, 5.74) is 8.38. The van der Waals surface area contributed by atoms with E-state index >= 15 is 0 Å². The minimum Gasteiger partial charge on any atom is -0.472 e. The second-order valence-electron chi connectivity index (χ2n) is 4.82. The lowest BCUT2D eigenvalue weighted by Gasteiger charge is -2.20. The van der Waals surface area contributed by atoms with E-state index in [4.69, 9.17) is 10.2 Å². The maximum Gasteiger partial charge on any atom is 0.243 e. The van der Waals surface area contributed by atoms with Crippen LogP contribution in [0.25, 0.3) is 0 Å². The first-order chi connectivity index (χ1) is 9.34. The van der Waals surface area contributed by atoms with Crippen molar-refractivity contribution in [3.63, 3.8) is 0 Å². The summed E-state index contributed by atoms with van der Waals surface area (Å²) in [6, 6.07) is 5.19. The lowest BCUT2D eigenvalue weighted by Crippen LogP contribution is -2.27. The smallest absolute Gasteiger partial charge is 0.243 e. The van der Waals surface area contributed by atoms with Crippen LogP contribution in [0.5, 0.6) is 0 Å². The van der Waals surface area contributed by atoms with Crippen molar-refractivity contribution >= 4 is 15.7 Å². The third kappa shape index (κ3) is 2.57. The number of hydrogen-bond acceptors (Lipinski definition) is 4. The highest BCUT2D eigenvalue weighted by molar-refractivity contribution is 7.89. The molecule has 5 nitrogen and oxygen atoms in total. The Labute approximate surface area is 119 Å². The molecule has 1 aromatic carbocycles. The molecule has 2 N–H and O–H groups in total. The molecule has 1 aromatic heterocycles. The van der Waals surface area contributed by atoms with Crippen LogP contribution < -0.4 is 5.73 Å². The molecule has 108 valence electrons. The SMILES string of the molecule is Cc1ccc(N)c(C)c1S(=O)(=O)N(C)Cc1ccoc1. The monoisotopic (exact) mass is 294 g/mol. The zero-order chi connectivity index (χ0) is 14.9. The quantitative estimate of drug-likeness (QED) is 0.878. The normalized spacial score (nSPS) is 12.0. The number of nitrogen functional groups attached to an aromatic ring is 1. The topological polar surface area (TPSA) is 76.5 Å². The van der Waals surface area contributed by atoms with Crippen LogP contribution in [0, 0.1) is 13.8 Å². The van der Waals surface area contributed by atoms with Crippen LogP contribution in [-0.2, 0) is 16.6 Å². The van der Waals surface area contributed by atoms with E-state index in [9.17, 15) is 8.42 Å². The molecule has 0 bridgehead atoms. The van der Waals surface area contributed by atoms with Crippen molar-refractivity contribution in [2.45, 2.75) is 25.3 Å². The Hall–Kier alpha value is -1.79. The van der Waals surface area contributed by atoms with Crippen LogP contribution in [0.2, 0.25) is 0 Å². The van der Waals surface area contributed by atoms with Gasteiger partial charge in [0, 0.05) is 24.8 Å². The first-order valence-corrected chi connectivity index (χ1v) is 7.61. The van der Waals surface area contributed by atoms with Gasteiger partial charge in [0.15, 0.2) is 0 Å². The highest BCUT2D eigenvalue weighted by Crippen LogP contribution is 2.27. The second kappa shape index (κ2) is 5.30. The summed E-state index contributed by atoms with van der Waals surface area (Å²) in [5, 5.41) is 0. The minimum absolute atomic E-state index is 0.256. The summed E-state index contributed by atoms with van der Waals surface area (Å²) >= 11 is 0. The maximum absolute atomic E-state index is 12.7. The first-order valence-electron chi connectivity index (χ1n) is 6.17. The van der Waals surface area contributed by atoms with Gasteiger partial charge in [-0.1, -0.05) is 6.07 Å². The van der Waals surface area contributed by atoms with Crippen LogP contribution in [0.1, 0.15) is 16.7 Å². The lowest BCUT2D eigenvalue weighted by atomic mass is 10.1. The van der Waals surface area contributed by atoms with E-state index in [0.29, 0.717) is 16.8 Å². The second-order valence-corrected chi connectivity index (χ2v) is 6.80. The van der Waals surface area contributed by atoms with E-state index in [2.05, 4.69) is 0 Å². The third-order valence-corrected chi connectivity index (χ3v) is 5.39. The van der Waals surface area contributed by atoms with E-state index in [1.807, 2.05) is 0 Å². The molecule has 0 radical (unpaired) electrons. The predicted octanol–water partition coefficient (Wildman–Crippen LogP) is 2.30. The highest BCUT2D eigenvalue weighted by Gasteiger charge is 2.25. The molecule has 0 aliphatic carbocycles. The molecule has 0 fully saturated rings. The van der Waals surface area contributed by atoms with Crippen LogP contribution in [0.15, 0.2) is 40.0 Å². The molecule has 0 spiro atoms. The van der Waals surface area contributed by atoms with Crippen molar-refractivity contribution in [1.82, 2.24) is 4.31 Å². The average molecular weight is 294 g/mol. The molecule has 0 atom stereocenters. The van der Waals surface area contributed by atoms with Crippen molar-refractivity contribution in [2.24, 2.45) is 0 Å². The Morgan fingerprint density at radius 2 is 1.95 bits per heavy atom. The van der Waals surface area contributed by atoms with E-state index in [0.717, 1.165) is 5.56 Å². The number of nitrogens with two attached hydrogens (primary N) is 1. The fraction of sp³-hybridized carbons (Fsp3) is 0.286. The predicted molar refractivity (Wildman–Crippen MR) is 77.7 cm³/mol. The number of rotatable bonds is 4. The van der Waals surface area contributed by atoms with Gasteiger partial charge in [-0.3, -0.25) is 0 Å². The fourth-order valence-corrected chi connectivity index (χ4v) is 3.73. The summed E-state index contributed by atoms with van der Waals surface area (Å²) in [6.45, 7) is 3.75. The van der Waals surface area contributed by atoms with Gasteiger partial charge in [0.25, 0.3) is 0 Å². The van der Waals surface area contributed by atoms with E-state index < -0.39 is 10.0 Å². The molecule has 20 heavy (non-hydrogen) atoms. The van der Waals surface area contributed by atoms with E-state index in [-0.39, 0.29) is 11.4 Å². The number of sulfonamides is 1. The minimum atomic E-state index is -3.59. The zero-order valence-electron chi connectivity index (χ0n) is 11.8. The summed E-state index contributed by atoms with van der Waals surface area (Å²) < 4.78 is 31.6. The molecule has 0 saturated carbocycles. The fourth-order valence-electron chi connectivity index (χ4n) is 2.12. The van der Waals surface area contributed by atoms with Crippen LogP contribution in [-0.4, -0.2) is 19.8 Å². The summed E-state index contributed by atoms with van der Waals surface area (Å²) in [6.07, 6.45) is 3.05. The third-order valence-electron chi connectivity index (χ3n) is 3.30. The van der Waals surface area contributed by atoms with Gasteiger partial charge in [0.05, 0.1) is 17.4 Å². The van der Waals surface area contributed by atoms with Crippen molar-refractivity contribution in [2.75, 3.05) is 12.8 Å². The van der Waals surface area contributed by atoms with Crippen LogP contribution in [0.3, 0.4) is 0 Å². The molecule has 0 unspecified atom stereocenters. The van der Waals surface area contributed by atoms with Crippen LogP contribution in [0.4, 0.5) is 5.69 Å². The maximum atomic E-state index is 12.7. The van der Waals surface area contributed by atoms with Crippen LogP contribution >= 0.6 is 0 Å². The lowest BCUT2D eigenvalue weighted by molar-refractivity contribution is 0.462. The Balaban J connectivity index is 2.42. The van der Waals surface area contributed by atoms with Crippen molar-refractivity contribution in [3.05, 3.63) is 47.4 Å². The molecule has 2 rings (SSSR count). The summed E-state index contributed by atoms with van der Waals surface area (Å²) in [7, 11) is -2.04. The molecular weight excluding hydrogens is 276 g/mol. The molecule has 0 aliphatic rings. The Morgan fingerprint density at radius 1 is 1.25 bits per heavy atom. The van der Waals surface area contributed by atoms with Gasteiger partial charge in [0.2, 0.25) is 10.0 Å². The van der Waals surface area contributed by atoms with E-state index in [1.165, 1.54) is 16.8 Å². The number of hydrogen-bond donors (Lipinski definition) is 1. The summed E-state index contributed by atoms with van der Waals surface area (Å²) in [4.78, 5) is 0.281. The van der Waals surface area contributed by atoms with Crippen molar-refractivity contribution in [1.29, 1.82) is 0 Å². The Bertz CT molecular complexity index is 706. The van der Waals surface area contributed by atoms with Gasteiger partial charge in [-0.2, -0.15) is 4.31 Å². The Kier molecular flexibility index (Phi) is 3.87. The van der Waals surface area contributed by atoms with Crippen molar-refractivity contribution < 1.29 is 12.8 Å². The average Bonchev–Trinajstić information content (AvgIpc) is 2.87. The van der Waals surface area contributed by atoms with E-state index in [1.54, 1.807) is 39.1 Å². The van der Waals surface area contributed by atoms with Gasteiger partial charge in [-0.25, -0.2) is 8.42 Å². The van der Waals surface area contributed by atoms with Gasteiger partial charge < -0.3 is 10.2 Å². The summed E-state index contributed by atoms with van der Waals surface area (Å²) in [5.74, 6) is 0. The number of aryl methyl sites for hydroxylation is 1. The highest BCUT2D eigenvalue weighted by atomic mass is 32.2. The molecule has 0 aliphatic heterocycles.